The van der Waals surface area contributed by atoms with Crippen molar-refractivity contribution >= 4 is 0 Å². The Balaban J connectivity index is 2.18. The maximum absolute atomic E-state index is 9.21. The number of hydrogen-bond acceptors (Lipinski definition) is 2. The van der Waals surface area contributed by atoms with Gasteiger partial charge in [0.25, 0.3) is 0 Å². The summed E-state index contributed by atoms with van der Waals surface area (Å²) in [5, 5.41) is 9.21. The summed E-state index contributed by atoms with van der Waals surface area (Å²) in [6.07, 6.45) is 5.64. The van der Waals surface area contributed by atoms with Crippen LogP contribution < -0.4 is 0 Å². The first-order chi connectivity index (χ1) is 5.33. The molecule has 1 saturated heterocycles. The second kappa shape index (κ2) is 4.52. The maximum atomic E-state index is 9.21. The Morgan fingerprint density at radius 2 is 2.45 bits per heavy atom. The van der Waals surface area contributed by atoms with Gasteiger partial charge < -0.3 is 9.84 Å². The minimum absolute atomic E-state index is 0.261. The molecule has 2 atom stereocenters. The topological polar surface area (TPSA) is 29.5 Å². The molecule has 64 valence electrons. The highest BCUT2D eigenvalue weighted by Gasteiger charge is 2.15. The molecule has 11 heavy (non-hydrogen) atoms. The SMILES string of the molecule is C=CC(O)CC1CCCCO1. The smallest absolute Gasteiger partial charge is 0.0743 e. The predicted molar refractivity (Wildman–Crippen MR) is 44.4 cm³/mol. The maximum Gasteiger partial charge on any atom is 0.0743 e. The molecule has 0 aromatic carbocycles. The van der Waals surface area contributed by atoms with Crippen LogP contribution >= 0.6 is 0 Å². The third-order valence-corrected chi connectivity index (χ3v) is 2.05. The van der Waals surface area contributed by atoms with Crippen LogP contribution in [0.1, 0.15) is 25.7 Å². The molecule has 1 fully saturated rings. The van der Waals surface area contributed by atoms with Crippen molar-refractivity contribution in [2.45, 2.75) is 37.9 Å². The second-order valence-electron chi connectivity index (χ2n) is 3.03. The number of aliphatic hydroxyl groups is 1. The van der Waals surface area contributed by atoms with Crippen LogP contribution in [0.15, 0.2) is 12.7 Å². The van der Waals surface area contributed by atoms with Crippen LogP contribution in [-0.2, 0) is 4.74 Å². The van der Waals surface area contributed by atoms with Crippen LogP contribution in [0.5, 0.6) is 0 Å². The van der Waals surface area contributed by atoms with Gasteiger partial charge >= 0.3 is 0 Å². The van der Waals surface area contributed by atoms with Crippen molar-refractivity contribution < 1.29 is 9.84 Å². The zero-order chi connectivity index (χ0) is 8.10. The molecule has 0 aromatic rings. The van der Waals surface area contributed by atoms with Gasteiger partial charge in [-0.2, -0.15) is 0 Å². The first kappa shape index (κ1) is 8.75. The lowest BCUT2D eigenvalue weighted by Gasteiger charge is -2.23. The highest BCUT2D eigenvalue weighted by molar-refractivity contribution is 4.81. The molecule has 0 saturated carbocycles. The van der Waals surface area contributed by atoms with Crippen molar-refractivity contribution in [3.8, 4) is 0 Å². The molecular weight excluding hydrogens is 140 g/mol. The quantitative estimate of drug-likeness (QED) is 0.627. The van der Waals surface area contributed by atoms with Gasteiger partial charge in [0.15, 0.2) is 0 Å². The van der Waals surface area contributed by atoms with Gasteiger partial charge in [-0.1, -0.05) is 6.08 Å². The molecule has 2 heteroatoms. The Bertz CT molecular complexity index is 117. The van der Waals surface area contributed by atoms with Gasteiger partial charge in [-0.25, -0.2) is 0 Å². The highest BCUT2D eigenvalue weighted by Crippen LogP contribution is 2.17. The van der Waals surface area contributed by atoms with E-state index in [-0.39, 0.29) is 6.10 Å². The monoisotopic (exact) mass is 156 g/mol. The summed E-state index contributed by atoms with van der Waals surface area (Å²) in [5.41, 5.74) is 0. The average Bonchev–Trinajstić information content (AvgIpc) is 2.06. The van der Waals surface area contributed by atoms with Crippen molar-refractivity contribution in [2.75, 3.05) is 6.61 Å². The van der Waals surface area contributed by atoms with E-state index in [0.717, 1.165) is 13.0 Å². The first-order valence-corrected chi connectivity index (χ1v) is 4.25. The normalized spacial score (nSPS) is 27.9. The molecule has 1 rings (SSSR count). The number of rotatable bonds is 3. The standard InChI is InChI=1S/C9H16O2/c1-2-8(10)7-9-5-3-4-6-11-9/h2,8-10H,1,3-7H2. The van der Waals surface area contributed by atoms with Gasteiger partial charge in [-0.05, 0) is 19.3 Å². The van der Waals surface area contributed by atoms with E-state index in [9.17, 15) is 5.11 Å². The van der Waals surface area contributed by atoms with Crippen molar-refractivity contribution in [1.82, 2.24) is 0 Å². The fourth-order valence-corrected chi connectivity index (χ4v) is 1.36. The van der Waals surface area contributed by atoms with E-state index in [2.05, 4.69) is 6.58 Å². The average molecular weight is 156 g/mol. The van der Waals surface area contributed by atoms with Gasteiger partial charge in [-0.3, -0.25) is 0 Å². The van der Waals surface area contributed by atoms with E-state index in [1.807, 2.05) is 0 Å². The van der Waals surface area contributed by atoms with Gasteiger partial charge in [0.2, 0.25) is 0 Å². The van der Waals surface area contributed by atoms with E-state index < -0.39 is 6.10 Å². The Labute approximate surface area is 67.9 Å². The van der Waals surface area contributed by atoms with Crippen molar-refractivity contribution in [1.29, 1.82) is 0 Å². The molecule has 1 aliphatic heterocycles. The van der Waals surface area contributed by atoms with Crippen LogP contribution in [0.25, 0.3) is 0 Å². The molecule has 1 N–H and O–H groups in total. The molecule has 0 radical (unpaired) electrons. The summed E-state index contributed by atoms with van der Waals surface area (Å²) < 4.78 is 5.44. The Hall–Kier alpha value is -0.340. The summed E-state index contributed by atoms with van der Waals surface area (Å²) >= 11 is 0. The fourth-order valence-electron chi connectivity index (χ4n) is 1.36. The Kier molecular flexibility index (Phi) is 3.60. The van der Waals surface area contributed by atoms with E-state index >= 15 is 0 Å². The zero-order valence-corrected chi connectivity index (χ0v) is 6.83. The van der Waals surface area contributed by atoms with Gasteiger partial charge in [-0.15, -0.1) is 6.58 Å². The van der Waals surface area contributed by atoms with E-state index in [4.69, 9.17) is 4.74 Å². The second-order valence-corrected chi connectivity index (χ2v) is 3.03. The van der Waals surface area contributed by atoms with Crippen molar-refractivity contribution in [3.05, 3.63) is 12.7 Å². The molecule has 0 aromatic heterocycles. The zero-order valence-electron chi connectivity index (χ0n) is 6.83. The van der Waals surface area contributed by atoms with Crippen LogP contribution in [0, 0.1) is 0 Å². The third-order valence-electron chi connectivity index (χ3n) is 2.05. The summed E-state index contributed by atoms with van der Waals surface area (Å²) in [5.74, 6) is 0. The largest absolute Gasteiger partial charge is 0.389 e. The lowest BCUT2D eigenvalue weighted by molar-refractivity contribution is -0.00721. The Morgan fingerprint density at radius 1 is 1.64 bits per heavy atom. The van der Waals surface area contributed by atoms with Crippen LogP contribution in [0.2, 0.25) is 0 Å². The summed E-state index contributed by atoms with van der Waals surface area (Å²) in [4.78, 5) is 0. The number of ether oxygens (including phenoxy) is 1. The molecular formula is C9H16O2. The summed E-state index contributed by atoms with van der Waals surface area (Å²) in [6, 6.07) is 0. The van der Waals surface area contributed by atoms with E-state index in [1.54, 1.807) is 6.08 Å². The summed E-state index contributed by atoms with van der Waals surface area (Å²) in [6.45, 7) is 4.38. The Morgan fingerprint density at radius 3 is 3.00 bits per heavy atom. The van der Waals surface area contributed by atoms with E-state index in [0.29, 0.717) is 6.42 Å². The van der Waals surface area contributed by atoms with Crippen LogP contribution in [0.3, 0.4) is 0 Å². The van der Waals surface area contributed by atoms with Gasteiger partial charge in [0.1, 0.15) is 0 Å². The van der Waals surface area contributed by atoms with Crippen LogP contribution in [0.4, 0.5) is 0 Å². The van der Waals surface area contributed by atoms with E-state index in [1.165, 1.54) is 12.8 Å². The summed E-state index contributed by atoms with van der Waals surface area (Å²) in [7, 11) is 0. The fraction of sp³-hybridized carbons (Fsp3) is 0.778. The van der Waals surface area contributed by atoms with Crippen molar-refractivity contribution in [2.24, 2.45) is 0 Å². The lowest BCUT2D eigenvalue weighted by Crippen LogP contribution is -2.23. The highest BCUT2D eigenvalue weighted by atomic mass is 16.5. The predicted octanol–water partition coefficient (Wildman–Crippen LogP) is 1.49. The number of aliphatic hydroxyl groups excluding tert-OH is 1. The molecule has 0 spiro atoms. The van der Waals surface area contributed by atoms with Gasteiger partial charge in [0, 0.05) is 13.0 Å². The minimum atomic E-state index is -0.391. The molecule has 2 nitrogen and oxygen atoms in total. The third kappa shape index (κ3) is 3.04. The molecule has 0 amide bonds. The first-order valence-electron chi connectivity index (χ1n) is 4.25. The van der Waals surface area contributed by atoms with Gasteiger partial charge in [0.05, 0.1) is 12.2 Å². The number of hydrogen-bond donors (Lipinski definition) is 1. The minimum Gasteiger partial charge on any atom is -0.389 e. The lowest BCUT2D eigenvalue weighted by atomic mass is 10.0. The molecule has 0 aliphatic carbocycles. The molecule has 2 unspecified atom stereocenters. The van der Waals surface area contributed by atoms with Crippen molar-refractivity contribution in [3.63, 3.8) is 0 Å². The van der Waals surface area contributed by atoms with Crippen LogP contribution in [-0.4, -0.2) is 23.9 Å². The molecule has 0 bridgehead atoms. The molecule has 1 aliphatic rings. The molecule has 1 heterocycles.